The van der Waals surface area contributed by atoms with Crippen LogP contribution in [0.4, 0.5) is 0 Å². The van der Waals surface area contributed by atoms with Gasteiger partial charge in [-0.15, -0.1) is 0 Å². The second-order valence-electron chi connectivity index (χ2n) is 6.49. The minimum Gasteiger partial charge on any atom is -0.315 e. The largest absolute Gasteiger partial charge is 0.315 e. The summed E-state index contributed by atoms with van der Waals surface area (Å²) in [4.78, 5) is 2.45. The summed E-state index contributed by atoms with van der Waals surface area (Å²) >= 11 is 0. The Morgan fingerprint density at radius 3 is 2.78 bits per heavy atom. The van der Waals surface area contributed by atoms with Crippen LogP contribution >= 0.6 is 0 Å². The van der Waals surface area contributed by atoms with Gasteiger partial charge in [-0.05, 0) is 20.0 Å². The molecule has 2 rings (SSSR count). The number of aromatic nitrogens is 2. The second-order valence-corrected chi connectivity index (χ2v) is 6.49. The van der Waals surface area contributed by atoms with Gasteiger partial charge in [0, 0.05) is 43.4 Å². The van der Waals surface area contributed by atoms with Crippen molar-refractivity contribution in [3.05, 3.63) is 17.5 Å². The van der Waals surface area contributed by atoms with Gasteiger partial charge < -0.3 is 5.32 Å². The van der Waals surface area contributed by atoms with Crippen LogP contribution in [0.3, 0.4) is 0 Å². The van der Waals surface area contributed by atoms with Crippen LogP contribution in [0.2, 0.25) is 0 Å². The van der Waals surface area contributed by atoms with Gasteiger partial charge >= 0.3 is 0 Å². The molecule has 1 N–H and O–H groups in total. The molecule has 1 aliphatic heterocycles. The van der Waals surface area contributed by atoms with Crippen LogP contribution in [-0.2, 0) is 19.0 Å². The number of nitrogens with one attached hydrogen (secondary N) is 1. The lowest BCUT2D eigenvalue weighted by Gasteiger charge is -2.25. The number of likely N-dealkylation sites (N-methyl/N-ethyl adjacent to an activating group) is 1. The molecule has 0 spiro atoms. The summed E-state index contributed by atoms with van der Waals surface area (Å²) in [5.74, 6) is 0. The highest BCUT2D eigenvalue weighted by molar-refractivity contribution is 5.24. The van der Waals surface area contributed by atoms with Crippen molar-refractivity contribution >= 4 is 0 Å². The van der Waals surface area contributed by atoms with E-state index in [1.54, 1.807) is 0 Å². The number of hydrogen-bond donors (Lipinski definition) is 1. The Bertz CT molecular complexity index is 396. The molecule has 1 aromatic heterocycles. The van der Waals surface area contributed by atoms with E-state index >= 15 is 0 Å². The molecule has 4 nitrogen and oxygen atoms in total. The molecule has 1 fully saturated rings. The van der Waals surface area contributed by atoms with Crippen molar-refractivity contribution in [3.63, 3.8) is 0 Å². The summed E-state index contributed by atoms with van der Waals surface area (Å²) < 4.78 is 1.94. The van der Waals surface area contributed by atoms with Crippen LogP contribution in [0.5, 0.6) is 0 Å². The first kappa shape index (κ1) is 13.6. The lowest BCUT2D eigenvalue weighted by Crippen LogP contribution is -2.33. The van der Waals surface area contributed by atoms with Crippen LogP contribution < -0.4 is 5.32 Å². The third kappa shape index (κ3) is 2.93. The average molecular weight is 250 g/mol. The maximum atomic E-state index is 4.64. The van der Waals surface area contributed by atoms with Crippen molar-refractivity contribution in [1.82, 2.24) is 20.0 Å². The quantitative estimate of drug-likeness (QED) is 0.883. The first-order valence-corrected chi connectivity index (χ1v) is 6.82. The van der Waals surface area contributed by atoms with Gasteiger partial charge in [-0.2, -0.15) is 5.10 Å². The molecule has 0 radical (unpaired) electrons. The van der Waals surface area contributed by atoms with E-state index in [1.165, 1.54) is 17.7 Å². The molecule has 1 aliphatic rings. The summed E-state index contributed by atoms with van der Waals surface area (Å²) in [5, 5.41) is 8.06. The van der Waals surface area contributed by atoms with Crippen LogP contribution in [-0.4, -0.2) is 40.9 Å². The lowest BCUT2D eigenvalue weighted by molar-refractivity contribution is 0.247. The number of nitrogens with zero attached hydrogens (tertiary/aromatic N) is 3. The normalized spacial score (nSPS) is 20.9. The molecule has 0 amide bonds. The van der Waals surface area contributed by atoms with Crippen molar-refractivity contribution in [2.45, 2.75) is 45.2 Å². The Balaban J connectivity index is 2.13. The van der Waals surface area contributed by atoms with Gasteiger partial charge in [0.05, 0.1) is 5.69 Å². The van der Waals surface area contributed by atoms with Gasteiger partial charge in [0.1, 0.15) is 0 Å². The fourth-order valence-corrected chi connectivity index (χ4v) is 2.70. The molecule has 0 aromatic carbocycles. The predicted octanol–water partition coefficient (Wildman–Crippen LogP) is 1.51. The van der Waals surface area contributed by atoms with Gasteiger partial charge in [-0.3, -0.25) is 9.58 Å². The Labute approximate surface area is 110 Å². The zero-order chi connectivity index (χ0) is 13.3. The number of rotatable bonds is 3. The molecule has 0 bridgehead atoms. The minimum atomic E-state index is 0.116. The molecule has 4 heteroatoms. The maximum absolute atomic E-state index is 4.64. The van der Waals surface area contributed by atoms with E-state index < -0.39 is 0 Å². The zero-order valence-electron chi connectivity index (χ0n) is 12.3. The van der Waals surface area contributed by atoms with Crippen LogP contribution in [0.15, 0.2) is 6.20 Å². The van der Waals surface area contributed by atoms with Crippen LogP contribution in [0.25, 0.3) is 0 Å². The SMILES string of the molecule is CN(Cc1cn(C)nc1C(C)(C)C)C1CCNC1. The lowest BCUT2D eigenvalue weighted by atomic mass is 9.89. The number of hydrogen-bond acceptors (Lipinski definition) is 3. The smallest absolute Gasteiger partial charge is 0.0722 e. The topological polar surface area (TPSA) is 33.1 Å². The molecule has 1 saturated heterocycles. The third-order valence-corrected chi connectivity index (χ3v) is 3.69. The van der Waals surface area contributed by atoms with Crippen molar-refractivity contribution in [1.29, 1.82) is 0 Å². The van der Waals surface area contributed by atoms with E-state index in [1.807, 2.05) is 11.7 Å². The molecule has 1 unspecified atom stereocenters. The number of aryl methyl sites for hydroxylation is 1. The summed E-state index contributed by atoms with van der Waals surface area (Å²) in [7, 11) is 4.23. The molecule has 1 aromatic rings. The van der Waals surface area contributed by atoms with Crippen LogP contribution in [0.1, 0.15) is 38.4 Å². The molecule has 2 heterocycles. The zero-order valence-corrected chi connectivity index (χ0v) is 12.3. The van der Waals surface area contributed by atoms with Gasteiger partial charge in [0.25, 0.3) is 0 Å². The van der Waals surface area contributed by atoms with Crippen molar-refractivity contribution in [2.24, 2.45) is 7.05 Å². The third-order valence-electron chi connectivity index (χ3n) is 3.69. The van der Waals surface area contributed by atoms with Crippen molar-refractivity contribution in [3.8, 4) is 0 Å². The highest BCUT2D eigenvalue weighted by atomic mass is 15.3. The fraction of sp³-hybridized carbons (Fsp3) is 0.786. The van der Waals surface area contributed by atoms with Crippen molar-refractivity contribution < 1.29 is 0 Å². The van der Waals surface area contributed by atoms with Gasteiger partial charge in [-0.25, -0.2) is 0 Å². The first-order chi connectivity index (χ1) is 8.38. The standard InChI is InChI=1S/C14H26N4/c1-14(2,3)13-11(10-18(5)16-13)9-17(4)12-6-7-15-8-12/h10,12,15H,6-9H2,1-5H3. The summed E-state index contributed by atoms with van der Waals surface area (Å²) in [5.41, 5.74) is 2.70. The Morgan fingerprint density at radius 2 is 2.22 bits per heavy atom. The van der Waals surface area contributed by atoms with E-state index in [-0.39, 0.29) is 5.41 Å². The molecule has 0 aliphatic carbocycles. The summed E-state index contributed by atoms with van der Waals surface area (Å²) in [6.07, 6.45) is 3.42. The van der Waals surface area contributed by atoms with Crippen LogP contribution in [0, 0.1) is 0 Å². The van der Waals surface area contributed by atoms with E-state index in [0.717, 1.165) is 19.6 Å². The first-order valence-electron chi connectivity index (χ1n) is 6.82. The van der Waals surface area contributed by atoms with E-state index in [0.29, 0.717) is 6.04 Å². The van der Waals surface area contributed by atoms with E-state index in [4.69, 9.17) is 0 Å². The Morgan fingerprint density at radius 1 is 1.50 bits per heavy atom. The van der Waals surface area contributed by atoms with E-state index in [2.05, 4.69) is 49.3 Å². The van der Waals surface area contributed by atoms with Crippen molar-refractivity contribution in [2.75, 3.05) is 20.1 Å². The highest BCUT2D eigenvalue weighted by Gasteiger charge is 2.25. The summed E-state index contributed by atoms with van der Waals surface area (Å²) in [6.45, 7) is 9.95. The molecule has 1 atom stereocenters. The monoisotopic (exact) mass is 250 g/mol. The average Bonchev–Trinajstić information content (AvgIpc) is 2.85. The van der Waals surface area contributed by atoms with E-state index in [9.17, 15) is 0 Å². The Kier molecular flexibility index (Phi) is 3.78. The fourth-order valence-electron chi connectivity index (χ4n) is 2.70. The molecule has 102 valence electrons. The van der Waals surface area contributed by atoms with Gasteiger partial charge in [0.2, 0.25) is 0 Å². The minimum absolute atomic E-state index is 0.116. The molecule has 0 saturated carbocycles. The molecular formula is C14H26N4. The Hall–Kier alpha value is -0.870. The van der Waals surface area contributed by atoms with Gasteiger partial charge in [0.15, 0.2) is 0 Å². The predicted molar refractivity (Wildman–Crippen MR) is 74.6 cm³/mol. The summed E-state index contributed by atoms with van der Waals surface area (Å²) in [6, 6.07) is 0.665. The maximum Gasteiger partial charge on any atom is 0.0722 e. The highest BCUT2D eigenvalue weighted by Crippen LogP contribution is 2.25. The van der Waals surface area contributed by atoms with Gasteiger partial charge in [-0.1, -0.05) is 20.8 Å². The molecular weight excluding hydrogens is 224 g/mol. The molecule has 18 heavy (non-hydrogen) atoms. The second kappa shape index (κ2) is 5.02.